The van der Waals surface area contributed by atoms with E-state index >= 15 is 0 Å². The summed E-state index contributed by atoms with van der Waals surface area (Å²) in [5.74, 6) is -1.36. The Hall–Kier alpha value is -3.49. The van der Waals surface area contributed by atoms with Crippen molar-refractivity contribution in [2.45, 2.75) is 6.18 Å². The summed E-state index contributed by atoms with van der Waals surface area (Å²) in [6.07, 6.45) is -1.73. The van der Waals surface area contributed by atoms with Crippen LogP contribution in [0.2, 0.25) is 0 Å². The Balaban J connectivity index is 1.51. The van der Waals surface area contributed by atoms with Crippen LogP contribution in [-0.2, 0) is 9.59 Å². The van der Waals surface area contributed by atoms with Crippen molar-refractivity contribution in [1.82, 2.24) is 4.90 Å². The first-order valence-corrected chi connectivity index (χ1v) is 9.60. The van der Waals surface area contributed by atoms with E-state index in [-0.39, 0.29) is 19.0 Å². The first-order chi connectivity index (χ1) is 14.8. The first-order valence-electron chi connectivity index (χ1n) is 9.60. The molecule has 2 amide bonds. The smallest absolute Gasteiger partial charge is 0.471 e. The van der Waals surface area contributed by atoms with E-state index in [1.807, 2.05) is 17.0 Å². The fourth-order valence-corrected chi connectivity index (χ4v) is 3.17. The van der Waals surface area contributed by atoms with Gasteiger partial charge in [0.25, 0.3) is 0 Å². The minimum Gasteiger partial charge on any atom is -0.497 e. The quantitative estimate of drug-likeness (QED) is 0.733. The molecule has 6 nitrogen and oxygen atoms in total. The van der Waals surface area contributed by atoms with E-state index in [0.29, 0.717) is 18.8 Å². The van der Waals surface area contributed by atoms with E-state index in [4.69, 9.17) is 4.74 Å². The third-order valence-corrected chi connectivity index (χ3v) is 4.85. The van der Waals surface area contributed by atoms with E-state index in [2.05, 4.69) is 5.32 Å². The van der Waals surface area contributed by atoms with Gasteiger partial charge < -0.3 is 19.9 Å². The summed E-state index contributed by atoms with van der Waals surface area (Å²) in [6, 6.07) is 14.3. The number of alkyl halides is 3. The molecular weight excluding hydrogens is 411 g/mol. The molecule has 1 saturated heterocycles. The van der Waals surface area contributed by atoms with Crippen molar-refractivity contribution in [3.63, 3.8) is 0 Å². The Kier molecular flexibility index (Phi) is 6.84. The molecule has 1 aliphatic heterocycles. The van der Waals surface area contributed by atoms with E-state index in [1.165, 1.54) is 6.08 Å². The van der Waals surface area contributed by atoms with Crippen LogP contribution < -0.4 is 15.0 Å². The van der Waals surface area contributed by atoms with Crippen LogP contribution >= 0.6 is 0 Å². The monoisotopic (exact) mass is 433 g/mol. The number of piperazine rings is 1. The van der Waals surface area contributed by atoms with Crippen molar-refractivity contribution in [3.8, 4) is 5.75 Å². The Morgan fingerprint density at radius 2 is 1.58 bits per heavy atom. The maximum Gasteiger partial charge on any atom is 0.471 e. The van der Waals surface area contributed by atoms with Gasteiger partial charge in [0.2, 0.25) is 5.91 Å². The highest BCUT2D eigenvalue weighted by Gasteiger charge is 2.43. The van der Waals surface area contributed by atoms with Gasteiger partial charge in [-0.15, -0.1) is 0 Å². The minimum absolute atomic E-state index is 0.00693. The van der Waals surface area contributed by atoms with Gasteiger partial charge in [0.05, 0.1) is 7.11 Å². The number of anilines is 2. The van der Waals surface area contributed by atoms with Gasteiger partial charge in [-0.2, -0.15) is 13.2 Å². The van der Waals surface area contributed by atoms with E-state index in [1.54, 1.807) is 49.6 Å². The number of nitrogens with one attached hydrogen (secondary N) is 1. The van der Waals surface area contributed by atoms with Gasteiger partial charge in [0.1, 0.15) is 5.75 Å². The molecular formula is C22H22F3N3O3. The Morgan fingerprint density at radius 1 is 0.968 bits per heavy atom. The number of carbonyl (C=O) groups is 2. The molecule has 0 radical (unpaired) electrons. The highest BCUT2D eigenvalue weighted by Crippen LogP contribution is 2.23. The molecule has 164 valence electrons. The molecule has 1 aliphatic rings. The van der Waals surface area contributed by atoms with Crippen LogP contribution in [0.1, 0.15) is 5.56 Å². The number of ether oxygens (including phenoxy) is 1. The van der Waals surface area contributed by atoms with Gasteiger partial charge in [-0.05, 0) is 48.0 Å². The van der Waals surface area contributed by atoms with Crippen LogP contribution in [0.5, 0.6) is 5.75 Å². The molecule has 1 heterocycles. The largest absolute Gasteiger partial charge is 0.497 e. The summed E-state index contributed by atoms with van der Waals surface area (Å²) in [6.45, 7) is 0.621. The summed E-state index contributed by atoms with van der Waals surface area (Å²) >= 11 is 0. The van der Waals surface area contributed by atoms with Crippen LogP contribution in [0, 0.1) is 0 Å². The second kappa shape index (κ2) is 9.55. The lowest BCUT2D eigenvalue weighted by Crippen LogP contribution is -2.52. The van der Waals surface area contributed by atoms with Crippen molar-refractivity contribution >= 4 is 29.3 Å². The van der Waals surface area contributed by atoms with Crippen LogP contribution in [0.25, 0.3) is 6.08 Å². The van der Waals surface area contributed by atoms with Crippen molar-refractivity contribution in [3.05, 3.63) is 60.2 Å². The number of hydrogen-bond donors (Lipinski definition) is 1. The van der Waals surface area contributed by atoms with Crippen LogP contribution in [-0.4, -0.2) is 56.2 Å². The zero-order chi connectivity index (χ0) is 22.4. The predicted molar refractivity (Wildman–Crippen MR) is 112 cm³/mol. The number of halogens is 3. The lowest BCUT2D eigenvalue weighted by Gasteiger charge is -2.36. The molecule has 0 unspecified atom stereocenters. The number of benzene rings is 2. The van der Waals surface area contributed by atoms with Crippen molar-refractivity contribution in [2.24, 2.45) is 0 Å². The zero-order valence-corrected chi connectivity index (χ0v) is 16.9. The normalized spacial score (nSPS) is 14.6. The molecule has 2 aromatic carbocycles. The second-order valence-electron chi connectivity index (χ2n) is 6.92. The fourth-order valence-electron chi connectivity index (χ4n) is 3.17. The first kappa shape index (κ1) is 22.2. The highest BCUT2D eigenvalue weighted by molar-refractivity contribution is 6.02. The number of hydrogen-bond acceptors (Lipinski definition) is 4. The average Bonchev–Trinajstić information content (AvgIpc) is 2.77. The summed E-state index contributed by atoms with van der Waals surface area (Å²) in [5, 5.41) is 2.76. The molecule has 0 aliphatic carbocycles. The second-order valence-corrected chi connectivity index (χ2v) is 6.92. The molecule has 0 bridgehead atoms. The third-order valence-electron chi connectivity index (χ3n) is 4.85. The Bertz CT molecular complexity index is 933. The van der Waals surface area contributed by atoms with Crippen molar-refractivity contribution in [2.75, 3.05) is 43.5 Å². The SMILES string of the molecule is COc1ccc(/C=C/C(=O)Nc2ccc(N3CCN(C(=O)C(F)(F)F)CC3)cc2)cc1. The molecule has 0 spiro atoms. The lowest BCUT2D eigenvalue weighted by atomic mass is 10.2. The van der Waals surface area contributed by atoms with E-state index in [9.17, 15) is 22.8 Å². The topological polar surface area (TPSA) is 61.9 Å². The van der Waals surface area contributed by atoms with Crippen molar-refractivity contribution in [1.29, 1.82) is 0 Å². The predicted octanol–water partition coefficient (Wildman–Crippen LogP) is 3.56. The standard InChI is InChI=1S/C22H22F3N3O3/c1-31-19-9-2-16(3-10-19)4-11-20(29)26-17-5-7-18(8-6-17)27-12-14-28(15-13-27)21(30)22(23,24)25/h2-11H,12-15H2,1H3,(H,26,29)/b11-4+. The van der Waals surface area contributed by atoms with Crippen molar-refractivity contribution < 1.29 is 27.5 Å². The zero-order valence-electron chi connectivity index (χ0n) is 16.9. The molecule has 0 atom stereocenters. The lowest BCUT2D eigenvalue weighted by molar-refractivity contribution is -0.185. The number of amides is 2. The summed E-state index contributed by atoms with van der Waals surface area (Å²) in [5.41, 5.74) is 2.26. The Labute approximate surface area is 177 Å². The molecule has 9 heteroatoms. The van der Waals surface area contributed by atoms with Gasteiger partial charge >= 0.3 is 12.1 Å². The van der Waals surface area contributed by atoms with E-state index < -0.39 is 12.1 Å². The summed E-state index contributed by atoms with van der Waals surface area (Å²) in [4.78, 5) is 26.1. The van der Waals surface area contributed by atoms with E-state index in [0.717, 1.165) is 21.9 Å². The van der Waals surface area contributed by atoms with Gasteiger partial charge in [-0.1, -0.05) is 12.1 Å². The average molecular weight is 433 g/mol. The van der Waals surface area contributed by atoms with Crippen LogP contribution in [0.4, 0.5) is 24.5 Å². The van der Waals surface area contributed by atoms with Gasteiger partial charge in [-0.3, -0.25) is 9.59 Å². The number of rotatable bonds is 5. The van der Waals surface area contributed by atoms with Gasteiger partial charge in [0.15, 0.2) is 0 Å². The summed E-state index contributed by atoms with van der Waals surface area (Å²) in [7, 11) is 1.58. The van der Waals surface area contributed by atoms with Gasteiger partial charge in [-0.25, -0.2) is 0 Å². The van der Waals surface area contributed by atoms with Gasteiger partial charge in [0, 0.05) is 43.6 Å². The fraction of sp³-hybridized carbons (Fsp3) is 0.273. The maximum absolute atomic E-state index is 12.5. The molecule has 3 rings (SSSR count). The minimum atomic E-state index is -4.84. The molecule has 2 aromatic rings. The molecule has 31 heavy (non-hydrogen) atoms. The summed E-state index contributed by atoms with van der Waals surface area (Å²) < 4.78 is 42.7. The van der Waals surface area contributed by atoms with Crippen LogP contribution in [0.3, 0.4) is 0 Å². The number of methoxy groups -OCH3 is 1. The Morgan fingerprint density at radius 3 is 2.13 bits per heavy atom. The third kappa shape index (κ3) is 6.00. The molecule has 0 saturated carbocycles. The number of carbonyl (C=O) groups excluding carboxylic acids is 2. The molecule has 0 aromatic heterocycles. The highest BCUT2D eigenvalue weighted by atomic mass is 19.4. The maximum atomic E-state index is 12.5. The molecule has 1 N–H and O–H groups in total. The molecule has 1 fully saturated rings. The number of nitrogens with zero attached hydrogens (tertiary/aromatic N) is 2. The van der Waals surface area contributed by atoms with Crippen LogP contribution in [0.15, 0.2) is 54.6 Å².